The second-order valence-corrected chi connectivity index (χ2v) is 14.8. The summed E-state index contributed by atoms with van der Waals surface area (Å²) in [6.07, 6.45) is 44.1. The third-order valence-corrected chi connectivity index (χ3v) is 12.0. The third-order valence-electron chi connectivity index (χ3n) is 7.96. The monoisotopic (exact) mass is 556 g/mol. The number of hydrogen-bond donors (Lipinski definition) is 0. The minimum absolute atomic E-state index is 0.540. The van der Waals surface area contributed by atoms with Crippen molar-refractivity contribution in [3.63, 3.8) is 0 Å². The molecule has 0 aromatic carbocycles. The van der Waals surface area contributed by atoms with Crippen LogP contribution in [0.25, 0.3) is 0 Å². The molecule has 2 rings (SSSR count). The Bertz CT molecular complexity index is 592. The van der Waals surface area contributed by atoms with Gasteiger partial charge in [0, 0.05) is 0 Å². The van der Waals surface area contributed by atoms with E-state index in [-0.39, 0.29) is 0 Å². The molecule has 0 spiro atoms. The molecule has 2 aliphatic carbocycles. The Morgan fingerprint density at radius 3 is 1.11 bits per heavy atom. The molecule has 0 atom stereocenters. The quantitative estimate of drug-likeness (QED) is 0.103. The van der Waals surface area contributed by atoms with E-state index in [2.05, 4.69) is 38.2 Å². The van der Waals surface area contributed by atoms with E-state index in [1.54, 1.807) is 11.1 Å². The third kappa shape index (κ3) is 15.0. The number of unbranched alkanes of at least 4 members (excludes halogenated alkanes) is 18. The van der Waals surface area contributed by atoms with Crippen LogP contribution in [0.2, 0.25) is 0 Å². The molecule has 0 heterocycles. The minimum atomic E-state index is -0.540. The van der Waals surface area contributed by atoms with Gasteiger partial charge in [-0.3, -0.25) is 0 Å². The van der Waals surface area contributed by atoms with Gasteiger partial charge in [-0.1, -0.05) is 26.7 Å². The van der Waals surface area contributed by atoms with Crippen LogP contribution >= 0.6 is 0 Å². The van der Waals surface area contributed by atoms with Crippen LogP contribution in [0, 0.1) is 0 Å². The van der Waals surface area contributed by atoms with Crippen molar-refractivity contribution in [3.8, 4) is 0 Å². The molecule has 0 aromatic heterocycles. The van der Waals surface area contributed by atoms with Gasteiger partial charge in [0.1, 0.15) is 0 Å². The fourth-order valence-electron chi connectivity index (χ4n) is 5.62. The summed E-state index contributed by atoms with van der Waals surface area (Å²) in [7, 11) is 0. The first-order valence-electron chi connectivity index (χ1n) is 15.9. The zero-order valence-corrected chi connectivity index (χ0v) is 26.2. The Morgan fingerprint density at radius 2 is 0.771 bits per heavy atom. The summed E-state index contributed by atoms with van der Waals surface area (Å²) in [5.41, 5.74) is 3.52. The molecule has 0 unspecified atom stereocenters. The maximum atomic E-state index is 2.49. The van der Waals surface area contributed by atoms with Crippen LogP contribution in [0.3, 0.4) is 0 Å². The van der Waals surface area contributed by atoms with Crippen molar-refractivity contribution in [1.29, 1.82) is 0 Å². The van der Waals surface area contributed by atoms with Gasteiger partial charge in [-0.15, -0.1) is 0 Å². The van der Waals surface area contributed by atoms with Gasteiger partial charge >= 0.3 is 207 Å². The van der Waals surface area contributed by atoms with Crippen molar-refractivity contribution in [2.24, 2.45) is 0 Å². The van der Waals surface area contributed by atoms with Crippen LogP contribution in [0.1, 0.15) is 168 Å². The van der Waals surface area contributed by atoms with E-state index >= 15 is 0 Å². The van der Waals surface area contributed by atoms with E-state index in [0.717, 1.165) is 0 Å². The first-order chi connectivity index (χ1) is 17.3. The van der Waals surface area contributed by atoms with Crippen molar-refractivity contribution in [3.05, 3.63) is 42.0 Å². The van der Waals surface area contributed by atoms with Gasteiger partial charge in [0.2, 0.25) is 0 Å². The van der Waals surface area contributed by atoms with Gasteiger partial charge in [-0.05, 0) is 0 Å². The second-order valence-electron chi connectivity index (χ2n) is 11.2. The molecule has 198 valence electrons. The summed E-state index contributed by atoms with van der Waals surface area (Å²) in [4.78, 5) is 0. The first-order valence-corrected chi connectivity index (χ1v) is 18.3. The Morgan fingerprint density at radius 1 is 0.457 bits per heavy atom. The molecule has 0 N–H and O–H groups in total. The summed E-state index contributed by atoms with van der Waals surface area (Å²) in [6.45, 7) is 4.62. The normalized spacial score (nSPS) is 15.3. The van der Waals surface area contributed by atoms with Crippen LogP contribution in [-0.2, 0) is 23.2 Å². The van der Waals surface area contributed by atoms with E-state index in [4.69, 9.17) is 0 Å². The molecule has 0 saturated carbocycles. The van der Waals surface area contributed by atoms with Gasteiger partial charge < -0.3 is 0 Å². The molecule has 2 aliphatic rings. The topological polar surface area (TPSA) is 0 Å². The van der Waals surface area contributed by atoms with Crippen molar-refractivity contribution in [1.82, 2.24) is 0 Å². The first kappa shape index (κ1) is 31.1. The molecule has 35 heavy (non-hydrogen) atoms. The van der Waals surface area contributed by atoms with Crippen LogP contribution in [0.15, 0.2) is 42.0 Å². The average Bonchev–Trinajstić information content (AvgIpc) is 3.51. The van der Waals surface area contributed by atoms with Crippen molar-refractivity contribution < 1.29 is 23.2 Å². The molecule has 0 amide bonds. The molecular formula is C34H58Zr. The van der Waals surface area contributed by atoms with E-state index in [1.807, 2.05) is 6.56 Å². The second kappa shape index (κ2) is 21.9. The Kier molecular flexibility index (Phi) is 19.4. The molecular weight excluding hydrogens is 500 g/mol. The van der Waals surface area contributed by atoms with Gasteiger partial charge in [-0.2, -0.15) is 0 Å². The van der Waals surface area contributed by atoms with Gasteiger partial charge in [0.15, 0.2) is 0 Å². The SMILES string of the molecule is CCCCCCCCCCCCC1=[C]([Zr][C]2=C(CCCCCCCCCCCC)C=CC2)CC=C1. The number of rotatable bonds is 24. The molecule has 0 bridgehead atoms. The van der Waals surface area contributed by atoms with Crippen molar-refractivity contribution in [2.75, 3.05) is 0 Å². The van der Waals surface area contributed by atoms with Gasteiger partial charge in [0.05, 0.1) is 0 Å². The molecule has 0 aromatic rings. The van der Waals surface area contributed by atoms with E-state index < -0.39 is 23.2 Å². The van der Waals surface area contributed by atoms with E-state index in [1.165, 1.54) is 154 Å². The zero-order valence-electron chi connectivity index (χ0n) is 23.8. The summed E-state index contributed by atoms with van der Waals surface area (Å²) in [5.74, 6) is 0. The van der Waals surface area contributed by atoms with Crippen molar-refractivity contribution in [2.45, 2.75) is 168 Å². The number of allylic oxidation sites excluding steroid dienone is 8. The van der Waals surface area contributed by atoms with Crippen LogP contribution in [0.5, 0.6) is 0 Å². The zero-order chi connectivity index (χ0) is 24.8. The molecule has 0 fully saturated rings. The van der Waals surface area contributed by atoms with E-state index in [9.17, 15) is 0 Å². The summed E-state index contributed by atoms with van der Waals surface area (Å²) in [6, 6.07) is 0. The molecule has 0 aliphatic heterocycles. The Hall–Kier alpha value is -0.157. The summed E-state index contributed by atoms with van der Waals surface area (Å²) in [5, 5.41) is 0. The average molecular weight is 558 g/mol. The Labute approximate surface area is 232 Å². The van der Waals surface area contributed by atoms with Gasteiger partial charge in [-0.25, -0.2) is 0 Å². The van der Waals surface area contributed by atoms with Crippen LogP contribution in [0.4, 0.5) is 0 Å². The predicted molar refractivity (Wildman–Crippen MR) is 154 cm³/mol. The molecule has 1 heteroatoms. The molecule has 0 saturated heterocycles. The van der Waals surface area contributed by atoms with E-state index in [0.29, 0.717) is 0 Å². The van der Waals surface area contributed by atoms with Crippen LogP contribution in [-0.4, -0.2) is 0 Å². The fraction of sp³-hybridized carbons (Fsp3) is 0.765. The van der Waals surface area contributed by atoms with Gasteiger partial charge in [0.25, 0.3) is 0 Å². The summed E-state index contributed by atoms with van der Waals surface area (Å²) < 4.78 is 3.81. The van der Waals surface area contributed by atoms with Crippen LogP contribution < -0.4 is 0 Å². The molecule has 0 nitrogen and oxygen atoms in total. The standard InChI is InChI=1S/2C17H29.Zr/c2*1-2-3-4-5-6-7-8-9-10-11-14-17-15-12-13-16-17;/h2*12,15H,2-11,13-14H2,1H3;. The predicted octanol–water partition coefficient (Wildman–Crippen LogP) is 12.1. The van der Waals surface area contributed by atoms with Crippen molar-refractivity contribution >= 4 is 0 Å². The maximum absolute atomic E-state index is 2.49. The Balaban J connectivity index is 1.57. The molecule has 0 radical (unpaired) electrons. The fourth-order valence-corrected chi connectivity index (χ4v) is 9.41. The number of hydrogen-bond acceptors (Lipinski definition) is 0. The summed E-state index contributed by atoms with van der Waals surface area (Å²) >= 11 is -0.540.